The van der Waals surface area contributed by atoms with Crippen molar-refractivity contribution in [1.82, 2.24) is 4.31 Å². The number of allylic oxidation sites excluding steroid dienone is 1. The van der Waals surface area contributed by atoms with Gasteiger partial charge in [-0.3, -0.25) is 9.10 Å². The minimum absolute atomic E-state index is 0.179. The van der Waals surface area contributed by atoms with Gasteiger partial charge in [0, 0.05) is 18.2 Å². The average molecular weight is 418 g/mol. The highest BCUT2D eigenvalue weighted by atomic mass is 35.5. The van der Waals surface area contributed by atoms with Gasteiger partial charge < -0.3 is 5.11 Å². The number of hydrogen-bond donors (Lipinski definition) is 1. The number of sulfonamides is 1. The molecule has 1 heterocycles. The van der Waals surface area contributed by atoms with E-state index in [-0.39, 0.29) is 10.5 Å². The molecule has 0 saturated carbocycles. The van der Waals surface area contributed by atoms with Crippen molar-refractivity contribution in [2.75, 3.05) is 7.05 Å². The molecule has 0 saturated heterocycles. The fourth-order valence-electron chi connectivity index (χ4n) is 2.70. The highest BCUT2D eigenvalue weighted by Gasteiger charge is 2.40. The summed E-state index contributed by atoms with van der Waals surface area (Å²) in [6.07, 6.45) is -4.79. The largest absolute Gasteiger partial charge is 0.505 e. The van der Waals surface area contributed by atoms with Crippen LogP contribution >= 0.6 is 11.6 Å². The zero-order valence-corrected chi connectivity index (χ0v) is 15.2. The van der Waals surface area contributed by atoms with E-state index in [2.05, 4.69) is 0 Å². The molecule has 0 amide bonds. The Bertz CT molecular complexity index is 1090. The van der Waals surface area contributed by atoms with E-state index < -0.39 is 49.6 Å². The highest BCUT2D eigenvalue weighted by molar-refractivity contribution is 7.89. The summed E-state index contributed by atoms with van der Waals surface area (Å²) in [5.74, 6) is -1.73. The number of nitrogens with zero attached hydrogens (tertiary/aromatic N) is 1. The van der Waals surface area contributed by atoms with Gasteiger partial charge in [0.25, 0.3) is 10.0 Å². The van der Waals surface area contributed by atoms with Crippen molar-refractivity contribution in [3.05, 3.63) is 69.9 Å². The van der Waals surface area contributed by atoms with E-state index in [9.17, 15) is 31.5 Å². The average Bonchev–Trinajstić information content (AvgIpc) is 2.60. The number of likely N-dealkylation sites (N-methyl/N-ethyl adjacent to an activating group) is 1. The maximum absolute atomic E-state index is 13.1. The van der Waals surface area contributed by atoms with E-state index in [0.29, 0.717) is 10.4 Å². The SMILES string of the molecule is CN1C(=C(O)c2ccc(Cl)c(C(F)(F)F)c2)C(=O)c2ccccc2S1(=O)=O. The van der Waals surface area contributed by atoms with Crippen molar-refractivity contribution >= 4 is 33.2 Å². The van der Waals surface area contributed by atoms with Crippen LogP contribution < -0.4 is 0 Å². The Labute approximate surface area is 157 Å². The number of halogens is 4. The molecule has 0 bridgehead atoms. The van der Waals surface area contributed by atoms with Gasteiger partial charge in [0.1, 0.15) is 5.70 Å². The first kappa shape index (κ1) is 19.2. The lowest BCUT2D eigenvalue weighted by atomic mass is 10.0. The van der Waals surface area contributed by atoms with Crippen molar-refractivity contribution in [2.24, 2.45) is 0 Å². The van der Waals surface area contributed by atoms with E-state index >= 15 is 0 Å². The summed E-state index contributed by atoms with van der Waals surface area (Å²) in [7, 11) is -3.12. The van der Waals surface area contributed by atoms with Crippen molar-refractivity contribution in [1.29, 1.82) is 0 Å². The van der Waals surface area contributed by atoms with Gasteiger partial charge in [0.15, 0.2) is 5.76 Å². The van der Waals surface area contributed by atoms with Gasteiger partial charge in [0.2, 0.25) is 5.78 Å². The van der Waals surface area contributed by atoms with Gasteiger partial charge in [-0.05, 0) is 30.3 Å². The second-order valence-electron chi connectivity index (χ2n) is 5.69. The second-order valence-corrected chi connectivity index (χ2v) is 8.03. The van der Waals surface area contributed by atoms with Gasteiger partial charge in [0.05, 0.1) is 15.5 Å². The van der Waals surface area contributed by atoms with E-state index in [1.54, 1.807) is 0 Å². The third-order valence-corrected chi connectivity index (χ3v) is 6.21. The quantitative estimate of drug-likeness (QED) is 0.560. The molecule has 0 fully saturated rings. The Balaban J connectivity index is 2.26. The zero-order valence-electron chi connectivity index (χ0n) is 13.6. The molecule has 0 unspecified atom stereocenters. The Morgan fingerprint density at radius 2 is 1.78 bits per heavy atom. The third-order valence-electron chi connectivity index (χ3n) is 4.07. The number of carbonyl (C=O) groups excluding carboxylic acids is 1. The standard InChI is InChI=1S/C17H11ClF3NO4S/c1-22-14(16(24)10-4-2-3-5-13(10)27(22,25)26)15(23)9-6-7-12(18)11(8-9)17(19,20)21/h2-8,23H,1H3. The lowest BCUT2D eigenvalue weighted by Gasteiger charge is -2.28. The normalized spacial score (nSPS) is 18.3. The molecule has 10 heteroatoms. The van der Waals surface area contributed by atoms with E-state index in [1.807, 2.05) is 0 Å². The number of ketones is 1. The Kier molecular flexibility index (Phi) is 4.47. The number of benzene rings is 2. The summed E-state index contributed by atoms with van der Waals surface area (Å²) in [6.45, 7) is 0. The first-order valence-electron chi connectivity index (χ1n) is 7.39. The fourth-order valence-corrected chi connectivity index (χ4v) is 4.32. The predicted octanol–water partition coefficient (Wildman–Crippen LogP) is 4.10. The van der Waals surface area contributed by atoms with Crippen LogP contribution in [0, 0.1) is 0 Å². The number of Topliss-reactive ketones (excluding diaryl/α,β-unsaturated/α-hetero) is 1. The maximum Gasteiger partial charge on any atom is 0.417 e. The Hall–Kier alpha value is -2.52. The Morgan fingerprint density at radius 1 is 1.15 bits per heavy atom. The van der Waals surface area contributed by atoms with Gasteiger partial charge in [-0.2, -0.15) is 13.2 Å². The maximum atomic E-state index is 13.1. The summed E-state index contributed by atoms with van der Waals surface area (Å²) >= 11 is 5.55. The predicted molar refractivity (Wildman–Crippen MR) is 91.7 cm³/mol. The summed E-state index contributed by atoms with van der Waals surface area (Å²) in [4.78, 5) is 12.5. The molecule has 27 heavy (non-hydrogen) atoms. The number of hydrogen-bond acceptors (Lipinski definition) is 4. The number of aliphatic hydroxyl groups is 1. The van der Waals surface area contributed by atoms with Crippen LogP contribution in [-0.4, -0.2) is 30.7 Å². The molecular formula is C17H11ClF3NO4S. The monoisotopic (exact) mass is 417 g/mol. The van der Waals surface area contributed by atoms with Crippen LogP contribution in [0.5, 0.6) is 0 Å². The molecule has 142 valence electrons. The minimum atomic E-state index is -4.79. The number of carbonyl (C=O) groups is 1. The van der Waals surface area contributed by atoms with Crippen LogP contribution in [0.4, 0.5) is 13.2 Å². The molecule has 2 aromatic rings. The van der Waals surface area contributed by atoms with Crippen molar-refractivity contribution in [2.45, 2.75) is 11.1 Å². The van der Waals surface area contributed by atoms with Crippen molar-refractivity contribution < 1.29 is 31.5 Å². The topological polar surface area (TPSA) is 74.7 Å². The summed E-state index contributed by atoms with van der Waals surface area (Å²) in [6, 6.07) is 7.89. The van der Waals surface area contributed by atoms with E-state index in [0.717, 1.165) is 19.2 Å². The van der Waals surface area contributed by atoms with Gasteiger partial charge in [-0.1, -0.05) is 23.7 Å². The van der Waals surface area contributed by atoms with Gasteiger partial charge in [-0.15, -0.1) is 0 Å². The molecule has 0 spiro atoms. The van der Waals surface area contributed by atoms with Crippen LogP contribution in [0.2, 0.25) is 5.02 Å². The van der Waals surface area contributed by atoms with Crippen LogP contribution in [-0.2, 0) is 16.2 Å². The van der Waals surface area contributed by atoms with E-state index in [1.165, 1.54) is 24.3 Å². The smallest absolute Gasteiger partial charge is 0.417 e. The molecule has 1 N–H and O–H groups in total. The molecule has 0 aliphatic carbocycles. The summed E-state index contributed by atoms with van der Waals surface area (Å²) in [5, 5.41) is 9.87. The molecule has 1 aliphatic rings. The number of fused-ring (bicyclic) bond motifs is 1. The zero-order chi connectivity index (χ0) is 20.1. The molecule has 2 aromatic carbocycles. The second kappa shape index (κ2) is 6.28. The minimum Gasteiger partial charge on any atom is -0.505 e. The Morgan fingerprint density at radius 3 is 2.41 bits per heavy atom. The van der Waals surface area contributed by atoms with Gasteiger partial charge in [-0.25, -0.2) is 8.42 Å². The first-order chi connectivity index (χ1) is 12.5. The first-order valence-corrected chi connectivity index (χ1v) is 9.21. The molecule has 0 radical (unpaired) electrons. The summed E-state index contributed by atoms with van der Waals surface area (Å²) in [5.41, 5.74) is -2.44. The number of aliphatic hydroxyl groups excluding tert-OH is 1. The lowest BCUT2D eigenvalue weighted by molar-refractivity contribution is -0.137. The lowest BCUT2D eigenvalue weighted by Crippen LogP contribution is -2.37. The highest BCUT2D eigenvalue weighted by Crippen LogP contribution is 2.38. The summed E-state index contributed by atoms with van der Waals surface area (Å²) < 4.78 is 64.9. The van der Waals surface area contributed by atoms with Crippen LogP contribution in [0.3, 0.4) is 0 Å². The number of rotatable bonds is 1. The molecular weight excluding hydrogens is 407 g/mol. The van der Waals surface area contributed by atoms with Crippen LogP contribution in [0.15, 0.2) is 53.1 Å². The molecule has 3 rings (SSSR count). The fraction of sp³-hybridized carbons (Fsp3) is 0.118. The molecule has 1 aliphatic heterocycles. The van der Waals surface area contributed by atoms with Gasteiger partial charge >= 0.3 is 6.18 Å². The number of alkyl halides is 3. The van der Waals surface area contributed by atoms with Crippen LogP contribution in [0.25, 0.3) is 5.76 Å². The third kappa shape index (κ3) is 3.06. The van der Waals surface area contributed by atoms with Crippen LogP contribution in [0.1, 0.15) is 21.5 Å². The van der Waals surface area contributed by atoms with E-state index in [4.69, 9.17) is 11.6 Å². The molecule has 5 nitrogen and oxygen atoms in total. The van der Waals surface area contributed by atoms with Crippen molar-refractivity contribution in [3.8, 4) is 0 Å². The molecule has 0 atom stereocenters. The van der Waals surface area contributed by atoms with Crippen molar-refractivity contribution in [3.63, 3.8) is 0 Å². The molecule has 0 aromatic heterocycles.